The van der Waals surface area contributed by atoms with Gasteiger partial charge in [0.2, 0.25) is 0 Å². The summed E-state index contributed by atoms with van der Waals surface area (Å²) in [6.45, 7) is 2.51. The Morgan fingerprint density at radius 1 is 1.33 bits per heavy atom. The summed E-state index contributed by atoms with van der Waals surface area (Å²) in [4.78, 5) is 18.5. The molecule has 1 aromatic carbocycles. The molecule has 6 nitrogen and oxygen atoms in total. The number of benzene rings is 1. The van der Waals surface area contributed by atoms with Gasteiger partial charge in [-0.15, -0.1) is 0 Å². The Morgan fingerprint density at radius 2 is 2.25 bits per heavy atom. The van der Waals surface area contributed by atoms with Crippen molar-refractivity contribution in [3.05, 3.63) is 36.7 Å². The van der Waals surface area contributed by atoms with Crippen molar-refractivity contribution in [2.45, 2.75) is 25.3 Å². The number of urea groups is 1. The van der Waals surface area contributed by atoms with Crippen LogP contribution in [0.15, 0.2) is 36.7 Å². The van der Waals surface area contributed by atoms with Crippen molar-refractivity contribution < 1.29 is 9.90 Å². The highest BCUT2D eigenvalue weighted by atomic mass is 16.3. The molecule has 0 bridgehead atoms. The second-order valence-electron chi connectivity index (χ2n) is 6.15. The summed E-state index contributed by atoms with van der Waals surface area (Å²) in [5, 5.41) is 17.2. The number of aliphatic hydroxyl groups excluding tert-OH is 1. The van der Waals surface area contributed by atoms with Crippen LogP contribution in [0.3, 0.4) is 0 Å². The summed E-state index contributed by atoms with van der Waals surface area (Å²) in [7, 11) is 0. The Balaban J connectivity index is 1.52. The van der Waals surface area contributed by atoms with Crippen LogP contribution in [-0.4, -0.2) is 53.3 Å². The molecule has 1 saturated heterocycles. The van der Waals surface area contributed by atoms with Crippen molar-refractivity contribution in [3.63, 3.8) is 0 Å². The Morgan fingerprint density at radius 3 is 3.12 bits per heavy atom. The molecule has 6 heteroatoms. The van der Waals surface area contributed by atoms with Gasteiger partial charge in [0.25, 0.3) is 0 Å². The molecule has 0 spiro atoms. The van der Waals surface area contributed by atoms with Gasteiger partial charge >= 0.3 is 6.03 Å². The Bertz CT molecular complexity index is 686. The molecule has 1 aliphatic heterocycles. The predicted molar refractivity (Wildman–Crippen MR) is 95.1 cm³/mol. The number of nitrogens with zero attached hydrogens (tertiary/aromatic N) is 2. The summed E-state index contributed by atoms with van der Waals surface area (Å²) in [5.41, 5.74) is 0.776. The van der Waals surface area contributed by atoms with E-state index in [0.717, 1.165) is 42.4 Å². The van der Waals surface area contributed by atoms with E-state index in [1.54, 1.807) is 12.4 Å². The maximum atomic E-state index is 12.1. The molecule has 2 amide bonds. The van der Waals surface area contributed by atoms with Crippen LogP contribution in [0.4, 0.5) is 10.5 Å². The molecule has 1 fully saturated rings. The normalized spacial score (nSPS) is 18.5. The third-order valence-electron chi connectivity index (χ3n) is 4.57. The molecule has 0 radical (unpaired) electrons. The number of hydrogen-bond acceptors (Lipinski definition) is 4. The molecule has 0 saturated carbocycles. The lowest BCUT2D eigenvalue weighted by atomic mass is 10.0. The van der Waals surface area contributed by atoms with Gasteiger partial charge in [0.1, 0.15) is 0 Å². The standard InChI is InChI=1S/C18H24N4O2/c23-13-15-5-1-2-10-22(15)11-9-20-18(24)21-17-6-3-4-14-12-19-8-7-16(14)17/h3-4,6-8,12,15,23H,1-2,5,9-11,13H2,(H2,20,21,24). The minimum atomic E-state index is -0.211. The monoisotopic (exact) mass is 328 g/mol. The first-order valence-corrected chi connectivity index (χ1v) is 8.50. The van der Waals surface area contributed by atoms with Crippen molar-refractivity contribution in [1.82, 2.24) is 15.2 Å². The van der Waals surface area contributed by atoms with E-state index < -0.39 is 0 Å². The van der Waals surface area contributed by atoms with Crippen molar-refractivity contribution in [2.24, 2.45) is 0 Å². The molecular weight excluding hydrogens is 304 g/mol. The van der Waals surface area contributed by atoms with Crippen LogP contribution < -0.4 is 10.6 Å². The highest BCUT2D eigenvalue weighted by molar-refractivity contribution is 6.01. The Kier molecular flexibility index (Phi) is 5.61. The first-order chi connectivity index (χ1) is 11.8. The third-order valence-corrected chi connectivity index (χ3v) is 4.57. The number of nitrogens with one attached hydrogen (secondary N) is 2. The molecule has 1 aliphatic rings. The zero-order valence-electron chi connectivity index (χ0n) is 13.7. The number of fused-ring (bicyclic) bond motifs is 1. The number of pyridine rings is 1. The molecular formula is C18H24N4O2. The van der Waals surface area contributed by atoms with Crippen molar-refractivity contribution in [2.75, 3.05) is 31.6 Å². The number of rotatable bonds is 5. The molecule has 3 rings (SSSR count). The lowest BCUT2D eigenvalue weighted by Crippen LogP contribution is -2.46. The maximum absolute atomic E-state index is 12.1. The van der Waals surface area contributed by atoms with Crippen molar-refractivity contribution >= 4 is 22.5 Å². The van der Waals surface area contributed by atoms with Gasteiger partial charge in [-0.1, -0.05) is 18.6 Å². The number of anilines is 1. The summed E-state index contributed by atoms with van der Waals surface area (Å²) < 4.78 is 0. The number of amides is 2. The summed E-state index contributed by atoms with van der Waals surface area (Å²) in [6.07, 6.45) is 6.87. The highest BCUT2D eigenvalue weighted by Gasteiger charge is 2.21. The zero-order valence-corrected chi connectivity index (χ0v) is 13.7. The summed E-state index contributed by atoms with van der Waals surface area (Å²) in [5.74, 6) is 0. The Hall–Kier alpha value is -2.18. The summed E-state index contributed by atoms with van der Waals surface area (Å²) in [6, 6.07) is 7.67. The van der Waals surface area contributed by atoms with E-state index >= 15 is 0 Å². The third kappa shape index (κ3) is 4.01. The SMILES string of the molecule is O=C(NCCN1CCCCC1CO)Nc1cccc2cnccc12. The van der Waals surface area contributed by atoms with Crippen LogP contribution in [-0.2, 0) is 0 Å². The second kappa shape index (κ2) is 8.08. The molecule has 1 unspecified atom stereocenters. The second-order valence-corrected chi connectivity index (χ2v) is 6.15. The maximum Gasteiger partial charge on any atom is 0.319 e. The van der Waals surface area contributed by atoms with Gasteiger partial charge in [-0.3, -0.25) is 9.88 Å². The van der Waals surface area contributed by atoms with Crippen LogP contribution in [0.1, 0.15) is 19.3 Å². The minimum absolute atomic E-state index is 0.191. The molecule has 24 heavy (non-hydrogen) atoms. The zero-order chi connectivity index (χ0) is 16.8. The minimum Gasteiger partial charge on any atom is -0.395 e. The first kappa shape index (κ1) is 16.7. The number of hydrogen-bond donors (Lipinski definition) is 3. The first-order valence-electron chi connectivity index (χ1n) is 8.50. The van der Waals surface area contributed by atoms with Crippen LogP contribution in [0.25, 0.3) is 10.8 Å². The number of carbonyl (C=O) groups is 1. The van der Waals surface area contributed by atoms with Gasteiger partial charge in [-0.05, 0) is 31.5 Å². The van der Waals surface area contributed by atoms with Gasteiger partial charge in [0.05, 0.1) is 12.3 Å². The molecule has 0 aliphatic carbocycles. The van der Waals surface area contributed by atoms with E-state index in [9.17, 15) is 9.90 Å². The molecule has 3 N–H and O–H groups in total. The largest absolute Gasteiger partial charge is 0.395 e. The molecule has 2 heterocycles. The van der Waals surface area contributed by atoms with E-state index in [2.05, 4.69) is 20.5 Å². The van der Waals surface area contributed by atoms with Crippen LogP contribution in [0, 0.1) is 0 Å². The van der Waals surface area contributed by atoms with E-state index in [1.807, 2.05) is 24.3 Å². The van der Waals surface area contributed by atoms with E-state index in [-0.39, 0.29) is 18.7 Å². The van der Waals surface area contributed by atoms with Gasteiger partial charge in [0, 0.05) is 42.3 Å². The highest BCUT2D eigenvalue weighted by Crippen LogP contribution is 2.22. The van der Waals surface area contributed by atoms with Crippen LogP contribution in [0.5, 0.6) is 0 Å². The fourth-order valence-electron chi connectivity index (χ4n) is 3.27. The van der Waals surface area contributed by atoms with Gasteiger partial charge in [0.15, 0.2) is 0 Å². The van der Waals surface area contributed by atoms with Crippen molar-refractivity contribution in [3.8, 4) is 0 Å². The quantitative estimate of drug-likeness (QED) is 0.786. The number of aromatic nitrogens is 1. The van der Waals surface area contributed by atoms with E-state index in [1.165, 1.54) is 6.42 Å². The smallest absolute Gasteiger partial charge is 0.319 e. The fourth-order valence-corrected chi connectivity index (χ4v) is 3.27. The fraction of sp³-hybridized carbons (Fsp3) is 0.444. The molecule has 128 valence electrons. The van der Waals surface area contributed by atoms with Gasteiger partial charge in [-0.25, -0.2) is 4.79 Å². The van der Waals surface area contributed by atoms with E-state index in [4.69, 9.17) is 0 Å². The number of carbonyl (C=O) groups excluding carboxylic acids is 1. The molecule has 1 atom stereocenters. The lowest BCUT2D eigenvalue weighted by molar-refractivity contribution is 0.0917. The lowest BCUT2D eigenvalue weighted by Gasteiger charge is -2.34. The molecule has 2 aromatic rings. The van der Waals surface area contributed by atoms with Gasteiger partial charge < -0.3 is 15.7 Å². The van der Waals surface area contributed by atoms with Crippen LogP contribution >= 0.6 is 0 Å². The van der Waals surface area contributed by atoms with Crippen molar-refractivity contribution in [1.29, 1.82) is 0 Å². The summed E-state index contributed by atoms with van der Waals surface area (Å²) >= 11 is 0. The topological polar surface area (TPSA) is 77.5 Å². The van der Waals surface area contributed by atoms with Crippen LogP contribution in [0.2, 0.25) is 0 Å². The number of piperidine rings is 1. The number of aliphatic hydroxyl groups is 1. The average molecular weight is 328 g/mol. The number of likely N-dealkylation sites (tertiary alicyclic amines) is 1. The molecule has 1 aromatic heterocycles. The van der Waals surface area contributed by atoms with E-state index in [0.29, 0.717) is 6.54 Å². The van der Waals surface area contributed by atoms with Gasteiger partial charge in [-0.2, -0.15) is 0 Å². The average Bonchev–Trinajstić information content (AvgIpc) is 2.62. The predicted octanol–water partition coefficient (Wildman–Crippen LogP) is 2.20. The Labute approximate surface area is 141 Å².